The summed E-state index contributed by atoms with van der Waals surface area (Å²) in [5.74, 6) is 0. The van der Waals surface area contributed by atoms with Gasteiger partial charge in [-0.05, 0) is 51.6 Å². The van der Waals surface area contributed by atoms with Gasteiger partial charge in [-0.3, -0.25) is 0 Å². The summed E-state index contributed by atoms with van der Waals surface area (Å²) in [5.41, 5.74) is 2.94. The van der Waals surface area contributed by atoms with Gasteiger partial charge in [-0.1, -0.05) is 36.4 Å². The quantitative estimate of drug-likeness (QED) is 0.281. The third-order valence-electron chi connectivity index (χ3n) is 5.55. The van der Waals surface area contributed by atoms with Crippen LogP contribution in [0.25, 0.3) is 32.3 Å². The van der Waals surface area contributed by atoms with Crippen molar-refractivity contribution >= 4 is 67.6 Å². The molecule has 1 aliphatic carbocycles. The summed E-state index contributed by atoms with van der Waals surface area (Å²) in [6.45, 7) is 0. The van der Waals surface area contributed by atoms with Crippen molar-refractivity contribution in [2.24, 2.45) is 15.0 Å². The Labute approximate surface area is 163 Å². The molecule has 0 saturated carbocycles. The van der Waals surface area contributed by atoms with Gasteiger partial charge in [-0.25, -0.2) is 14.4 Å². The average Bonchev–Trinajstić information content (AvgIpc) is 2.71. The highest BCUT2D eigenvalue weighted by molar-refractivity contribution is 6.32. The molecule has 4 aromatic carbocycles. The smallest absolute Gasteiger partial charge is 0.211 e. The van der Waals surface area contributed by atoms with Crippen LogP contribution < -0.4 is 0 Å². The van der Waals surface area contributed by atoms with E-state index in [0.29, 0.717) is 22.1 Å². The van der Waals surface area contributed by atoms with Crippen LogP contribution in [0.4, 0.5) is 17.1 Å². The van der Waals surface area contributed by atoms with Crippen molar-refractivity contribution in [1.29, 1.82) is 0 Å². The number of benzene rings is 4. The fraction of sp³-hybridized carbons (Fsp3) is 0.0870. The molecule has 5 rings (SSSR count). The first-order valence-electron chi connectivity index (χ1n) is 8.98. The van der Waals surface area contributed by atoms with E-state index in [-0.39, 0.29) is 5.69 Å². The lowest BCUT2D eigenvalue weighted by molar-refractivity contribution is 0.564. The summed E-state index contributed by atoms with van der Waals surface area (Å²) < 4.78 is 0. The lowest BCUT2D eigenvalue weighted by Gasteiger charge is -2.26. The SMILES string of the molecule is O=C=Nc1c2c(c3c4ccccc4c4cccc(N=C=O)c4c3c1N=C=O)CC2. The van der Waals surface area contributed by atoms with Crippen LogP contribution in [0.2, 0.25) is 0 Å². The van der Waals surface area contributed by atoms with E-state index in [1.165, 1.54) is 0 Å². The van der Waals surface area contributed by atoms with Gasteiger partial charge in [0.25, 0.3) is 0 Å². The predicted octanol–water partition coefficient (Wildman–Crippen LogP) is 5.15. The Balaban J connectivity index is 2.24. The van der Waals surface area contributed by atoms with Crippen molar-refractivity contribution < 1.29 is 14.4 Å². The minimum Gasteiger partial charge on any atom is -0.211 e. The largest absolute Gasteiger partial charge is 0.240 e. The predicted molar refractivity (Wildman–Crippen MR) is 110 cm³/mol. The Morgan fingerprint density at radius 1 is 0.586 bits per heavy atom. The molecule has 4 aromatic rings. The topological polar surface area (TPSA) is 88.3 Å². The molecule has 0 spiro atoms. The van der Waals surface area contributed by atoms with Crippen molar-refractivity contribution in [2.75, 3.05) is 0 Å². The van der Waals surface area contributed by atoms with Crippen LogP contribution in [0.5, 0.6) is 0 Å². The van der Waals surface area contributed by atoms with Crippen molar-refractivity contribution in [2.45, 2.75) is 12.8 Å². The van der Waals surface area contributed by atoms with Gasteiger partial charge in [-0.2, -0.15) is 15.0 Å². The third kappa shape index (κ3) is 2.26. The van der Waals surface area contributed by atoms with E-state index in [9.17, 15) is 14.4 Å². The van der Waals surface area contributed by atoms with Gasteiger partial charge in [0, 0.05) is 10.8 Å². The van der Waals surface area contributed by atoms with Crippen molar-refractivity contribution in [3.8, 4) is 0 Å². The zero-order valence-electron chi connectivity index (χ0n) is 15.0. The Hall–Kier alpha value is -4.20. The molecule has 0 radical (unpaired) electrons. The molecular weight excluding hydrogens is 366 g/mol. The van der Waals surface area contributed by atoms with E-state index in [0.717, 1.165) is 45.5 Å². The first-order chi connectivity index (χ1) is 14.3. The molecule has 6 nitrogen and oxygen atoms in total. The van der Waals surface area contributed by atoms with E-state index in [4.69, 9.17) is 0 Å². The Morgan fingerprint density at radius 3 is 1.90 bits per heavy atom. The molecule has 0 amide bonds. The molecule has 29 heavy (non-hydrogen) atoms. The maximum absolute atomic E-state index is 11.3. The third-order valence-corrected chi connectivity index (χ3v) is 5.55. The van der Waals surface area contributed by atoms with Crippen LogP contribution in [0.15, 0.2) is 57.4 Å². The normalized spacial score (nSPS) is 11.9. The zero-order chi connectivity index (χ0) is 20.0. The summed E-state index contributed by atoms with van der Waals surface area (Å²) in [6.07, 6.45) is 6.30. The maximum Gasteiger partial charge on any atom is 0.240 e. The molecule has 1 aliphatic rings. The average molecular weight is 377 g/mol. The second-order valence-corrected chi connectivity index (χ2v) is 6.76. The molecule has 0 bridgehead atoms. The highest BCUT2D eigenvalue weighted by atomic mass is 16.1. The van der Waals surface area contributed by atoms with Crippen LogP contribution >= 0.6 is 0 Å². The maximum atomic E-state index is 11.3. The number of aryl methyl sites for hydroxylation is 1. The molecule has 0 aliphatic heterocycles. The van der Waals surface area contributed by atoms with Crippen LogP contribution in [0.3, 0.4) is 0 Å². The number of rotatable bonds is 3. The minimum atomic E-state index is 0.251. The monoisotopic (exact) mass is 377 g/mol. The first kappa shape index (κ1) is 16.9. The van der Waals surface area contributed by atoms with E-state index < -0.39 is 0 Å². The Morgan fingerprint density at radius 2 is 1.21 bits per heavy atom. The highest BCUT2D eigenvalue weighted by Gasteiger charge is 2.28. The molecule has 6 heteroatoms. The van der Waals surface area contributed by atoms with Gasteiger partial charge in [0.05, 0.1) is 5.69 Å². The molecule has 0 atom stereocenters. The summed E-state index contributed by atoms with van der Waals surface area (Å²) in [7, 11) is 0. The van der Waals surface area contributed by atoms with Crippen LogP contribution in [-0.2, 0) is 27.2 Å². The minimum absolute atomic E-state index is 0.251. The van der Waals surface area contributed by atoms with Gasteiger partial charge in [0.15, 0.2) is 0 Å². The van der Waals surface area contributed by atoms with Crippen molar-refractivity contribution in [1.82, 2.24) is 0 Å². The Bertz CT molecular complexity index is 1520. The zero-order valence-corrected chi connectivity index (χ0v) is 15.0. The van der Waals surface area contributed by atoms with Gasteiger partial charge >= 0.3 is 0 Å². The van der Waals surface area contributed by atoms with Gasteiger partial charge in [0.2, 0.25) is 18.2 Å². The van der Waals surface area contributed by atoms with Gasteiger partial charge in [0.1, 0.15) is 11.4 Å². The number of carbonyl (C=O) groups excluding carboxylic acids is 3. The van der Waals surface area contributed by atoms with Crippen molar-refractivity contribution in [3.63, 3.8) is 0 Å². The molecule has 0 aromatic heterocycles. The summed E-state index contributed by atoms with van der Waals surface area (Å²) >= 11 is 0. The van der Waals surface area contributed by atoms with E-state index in [1.807, 2.05) is 36.4 Å². The summed E-state index contributed by atoms with van der Waals surface area (Å²) in [4.78, 5) is 45.1. The Kier molecular flexibility index (Phi) is 3.77. The lowest BCUT2D eigenvalue weighted by atomic mass is 9.79. The molecule has 0 fully saturated rings. The van der Waals surface area contributed by atoms with Gasteiger partial charge in [-0.15, -0.1) is 0 Å². The molecule has 0 unspecified atom stereocenters. The number of nitrogens with zero attached hydrogens (tertiary/aromatic N) is 3. The fourth-order valence-corrected chi connectivity index (χ4v) is 4.41. The van der Waals surface area contributed by atoms with Crippen LogP contribution in [-0.4, -0.2) is 18.2 Å². The fourth-order valence-electron chi connectivity index (χ4n) is 4.41. The summed E-state index contributed by atoms with van der Waals surface area (Å²) in [6, 6.07) is 13.4. The summed E-state index contributed by atoms with van der Waals surface area (Å²) in [5, 5.41) is 5.08. The molecule has 136 valence electrons. The van der Waals surface area contributed by atoms with E-state index in [2.05, 4.69) is 15.0 Å². The second-order valence-electron chi connectivity index (χ2n) is 6.76. The number of fused-ring (bicyclic) bond motifs is 8. The van der Waals surface area contributed by atoms with E-state index in [1.54, 1.807) is 24.3 Å². The number of hydrogen-bond acceptors (Lipinski definition) is 6. The lowest BCUT2D eigenvalue weighted by Crippen LogP contribution is -2.10. The number of isocyanates is 3. The van der Waals surface area contributed by atoms with Crippen molar-refractivity contribution in [3.05, 3.63) is 53.6 Å². The van der Waals surface area contributed by atoms with E-state index >= 15 is 0 Å². The highest BCUT2D eigenvalue weighted by Crippen LogP contribution is 2.52. The second kappa shape index (κ2) is 6.45. The molecule has 0 heterocycles. The standard InChI is InChI=1S/C23H11N3O3/c27-10-24-18-7-3-6-15-13-4-1-2-5-14(13)19-16-8-9-17(16)22(25-11-28)23(26-12-29)21(19)20(15)18/h1-7H,8-9H2. The molecule has 0 N–H and O–H groups in total. The molecular formula is C23H11N3O3. The number of hydrogen-bond donors (Lipinski definition) is 0. The van der Waals surface area contributed by atoms with Crippen LogP contribution in [0, 0.1) is 0 Å². The number of aliphatic imine (C=N–C) groups is 3. The molecule has 0 saturated heterocycles. The first-order valence-corrected chi connectivity index (χ1v) is 8.98. The van der Waals surface area contributed by atoms with Gasteiger partial charge < -0.3 is 0 Å². The van der Waals surface area contributed by atoms with Crippen LogP contribution in [0.1, 0.15) is 11.1 Å².